The number of rotatable bonds is 4. The smallest absolute Gasteiger partial charge is 0.273 e. The molecule has 1 saturated heterocycles. The van der Waals surface area contributed by atoms with Crippen LogP contribution in [0.15, 0.2) is 4.79 Å². The number of amides is 1. The Labute approximate surface area is 139 Å². The van der Waals surface area contributed by atoms with E-state index in [1.54, 1.807) is 11.7 Å². The summed E-state index contributed by atoms with van der Waals surface area (Å²) in [7, 11) is 1.74. The molecular formula is C16H23N5O3. The number of pyridine rings is 1. The number of aromatic nitrogens is 3. The lowest BCUT2D eigenvalue weighted by atomic mass is 10.0. The second kappa shape index (κ2) is 6.37. The summed E-state index contributed by atoms with van der Waals surface area (Å²) in [6.45, 7) is 5.39. The zero-order chi connectivity index (χ0) is 17.4. The molecule has 2 aromatic heterocycles. The van der Waals surface area contributed by atoms with Crippen molar-refractivity contribution in [2.24, 2.45) is 13.0 Å². The summed E-state index contributed by atoms with van der Waals surface area (Å²) < 4.78 is 1.59. The summed E-state index contributed by atoms with van der Waals surface area (Å²) >= 11 is 0. The third-order valence-electron chi connectivity index (χ3n) is 4.78. The standard InChI is InChI=1S/C16H23N5O3/c1-8-11(4-13(23)18-6-10-5-17-7-12(10)22)9(2)19-15-14(8)16(24)20-21(15)3/h10,12,17,22H,4-7H2,1-3H3,(H,18,23)(H,20,24). The number of hydrogen-bond donors (Lipinski definition) is 4. The fourth-order valence-corrected chi connectivity index (χ4v) is 3.30. The predicted octanol–water partition coefficient (Wildman–Crippen LogP) is -0.883. The summed E-state index contributed by atoms with van der Waals surface area (Å²) in [5.41, 5.74) is 2.71. The number of aliphatic hydroxyl groups is 1. The quantitative estimate of drug-likeness (QED) is 0.580. The lowest BCUT2D eigenvalue weighted by Gasteiger charge is -2.15. The topological polar surface area (TPSA) is 112 Å². The molecule has 24 heavy (non-hydrogen) atoms. The van der Waals surface area contributed by atoms with Crippen LogP contribution in [0.5, 0.6) is 0 Å². The third-order valence-corrected chi connectivity index (χ3v) is 4.78. The number of carbonyl (C=O) groups excluding carboxylic acids is 1. The first-order chi connectivity index (χ1) is 11.4. The average Bonchev–Trinajstić information content (AvgIpc) is 3.05. The van der Waals surface area contributed by atoms with Gasteiger partial charge in [0.1, 0.15) is 0 Å². The van der Waals surface area contributed by atoms with Gasteiger partial charge in [0.05, 0.1) is 17.9 Å². The number of aliphatic hydroxyl groups excluding tert-OH is 1. The Morgan fingerprint density at radius 2 is 2.17 bits per heavy atom. The van der Waals surface area contributed by atoms with E-state index in [1.807, 2.05) is 13.8 Å². The maximum absolute atomic E-state index is 12.3. The third kappa shape index (κ3) is 2.94. The minimum absolute atomic E-state index is 0.0358. The molecule has 1 aliphatic heterocycles. The summed E-state index contributed by atoms with van der Waals surface area (Å²) in [6.07, 6.45) is -0.250. The van der Waals surface area contributed by atoms with Crippen LogP contribution >= 0.6 is 0 Å². The Morgan fingerprint density at radius 1 is 1.42 bits per heavy atom. The number of carbonyl (C=O) groups is 1. The molecule has 1 fully saturated rings. The van der Waals surface area contributed by atoms with Gasteiger partial charge in [0.15, 0.2) is 5.65 Å². The number of nitrogens with zero attached hydrogens (tertiary/aromatic N) is 2. The van der Waals surface area contributed by atoms with E-state index in [0.29, 0.717) is 30.7 Å². The molecule has 0 spiro atoms. The molecule has 3 heterocycles. The molecule has 8 nitrogen and oxygen atoms in total. The summed E-state index contributed by atoms with van der Waals surface area (Å²) in [6, 6.07) is 0. The first-order valence-corrected chi connectivity index (χ1v) is 8.08. The van der Waals surface area contributed by atoms with Crippen LogP contribution in [-0.4, -0.2) is 51.5 Å². The number of β-amino-alcohol motifs (C(OH)–C–C–N with tert-alkyl or cyclic N) is 1. The van der Waals surface area contributed by atoms with E-state index in [1.165, 1.54) is 0 Å². The Hall–Kier alpha value is -2.19. The number of aryl methyl sites for hydroxylation is 3. The van der Waals surface area contributed by atoms with Gasteiger partial charge >= 0.3 is 0 Å². The largest absolute Gasteiger partial charge is 0.391 e. The zero-order valence-electron chi connectivity index (χ0n) is 14.1. The molecule has 0 saturated carbocycles. The maximum Gasteiger partial charge on any atom is 0.273 e. The van der Waals surface area contributed by atoms with E-state index < -0.39 is 6.10 Å². The number of aromatic amines is 1. The molecule has 0 aliphatic carbocycles. The minimum atomic E-state index is -0.422. The number of nitrogens with one attached hydrogen (secondary N) is 3. The van der Waals surface area contributed by atoms with Crippen molar-refractivity contribution in [3.8, 4) is 0 Å². The van der Waals surface area contributed by atoms with Crippen LogP contribution in [0, 0.1) is 19.8 Å². The van der Waals surface area contributed by atoms with Gasteiger partial charge in [0, 0.05) is 38.3 Å². The summed E-state index contributed by atoms with van der Waals surface area (Å²) in [5, 5.41) is 18.9. The maximum atomic E-state index is 12.3. The highest BCUT2D eigenvalue weighted by Crippen LogP contribution is 2.20. The molecule has 4 N–H and O–H groups in total. The molecule has 1 amide bonds. The fourth-order valence-electron chi connectivity index (χ4n) is 3.30. The van der Waals surface area contributed by atoms with E-state index >= 15 is 0 Å². The minimum Gasteiger partial charge on any atom is -0.391 e. The number of fused-ring (bicyclic) bond motifs is 1. The zero-order valence-corrected chi connectivity index (χ0v) is 14.1. The van der Waals surface area contributed by atoms with Gasteiger partial charge in [-0.3, -0.25) is 19.4 Å². The number of H-pyrrole nitrogens is 1. The molecule has 2 aromatic rings. The molecule has 0 aromatic carbocycles. The second-order valence-electron chi connectivity index (χ2n) is 6.47. The molecule has 8 heteroatoms. The highest BCUT2D eigenvalue weighted by atomic mass is 16.3. The Balaban J connectivity index is 1.78. The Kier molecular flexibility index (Phi) is 4.42. The number of hydrogen-bond acceptors (Lipinski definition) is 5. The molecule has 0 radical (unpaired) electrons. The van der Waals surface area contributed by atoms with Crippen LogP contribution in [0.4, 0.5) is 0 Å². The van der Waals surface area contributed by atoms with Crippen molar-refractivity contribution >= 4 is 16.9 Å². The fraction of sp³-hybridized carbons (Fsp3) is 0.562. The van der Waals surface area contributed by atoms with Crippen LogP contribution < -0.4 is 16.2 Å². The molecule has 3 rings (SSSR count). The van der Waals surface area contributed by atoms with Crippen LogP contribution in [0.3, 0.4) is 0 Å². The summed E-state index contributed by atoms with van der Waals surface area (Å²) in [5.74, 6) is -0.0949. The second-order valence-corrected chi connectivity index (χ2v) is 6.47. The van der Waals surface area contributed by atoms with Gasteiger partial charge in [-0.2, -0.15) is 0 Å². The van der Waals surface area contributed by atoms with Gasteiger partial charge in [-0.1, -0.05) is 0 Å². The first kappa shape index (κ1) is 16.7. The van der Waals surface area contributed by atoms with Gasteiger partial charge in [-0.25, -0.2) is 4.98 Å². The van der Waals surface area contributed by atoms with Gasteiger partial charge in [0.2, 0.25) is 5.91 Å². The Bertz CT molecular complexity index is 838. The first-order valence-electron chi connectivity index (χ1n) is 8.08. The molecule has 1 aliphatic rings. The van der Waals surface area contributed by atoms with E-state index in [4.69, 9.17) is 0 Å². The highest BCUT2D eigenvalue weighted by molar-refractivity contribution is 5.84. The van der Waals surface area contributed by atoms with Crippen molar-refractivity contribution in [1.29, 1.82) is 0 Å². The monoisotopic (exact) mass is 333 g/mol. The van der Waals surface area contributed by atoms with Crippen molar-refractivity contribution < 1.29 is 9.90 Å². The molecular weight excluding hydrogens is 310 g/mol. The highest BCUT2D eigenvalue weighted by Gasteiger charge is 2.25. The average molecular weight is 333 g/mol. The van der Waals surface area contributed by atoms with E-state index in [0.717, 1.165) is 16.8 Å². The summed E-state index contributed by atoms with van der Waals surface area (Å²) in [4.78, 5) is 28.8. The van der Waals surface area contributed by atoms with Crippen LogP contribution in [0.1, 0.15) is 16.8 Å². The van der Waals surface area contributed by atoms with Crippen molar-refractivity contribution in [1.82, 2.24) is 25.4 Å². The van der Waals surface area contributed by atoms with Gasteiger partial charge in [-0.05, 0) is 25.0 Å². The van der Waals surface area contributed by atoms with Crippen molar-refractivity contribution in [3.63, 3.8) is 0 Å². The molecule has 0 bridgehead atoms. The lowest BCUT2D eigenvalue weighted by Crippen LogP contribution is -2.35. The van der Waals surface area contributed by atoms with E-state index in [-0.39, 0.29) is 23.8 Å². The van der Waals surface area contributed by atoms with Crippen molar-refractivity contribution in [3.05, 3.63) is 27.2 Å². The van der Waals surface area contributed by atoms with E-state index in [9.17, 15) is 14.7 Å². The van der Waals surface area contributed by atoms with Gasteiger partial charge in [0.25, 0.3) is 5.56 Å². The predicted molar refractivity (Wildman–Crippen MR) is 89.9 cm³/mol. The van der Waals surface area contributed by atoms with E-state index in [2.05, 4.69) is 20.7 Å². The molecule has 2 unspecified atom stereocenters. The van der Waals surface area contributed by atoms with Crippen molar-refractivity contribution in [2.45, 2.75) is 26.4 Å². The van der Waals surface area contributed by atoms with Gasteiger partial charge < -0.3 is 15.7 Å². The molecule has 2 atom stereocenters. The SMILES string of the molecule is Cc1nc2c(c(C)c1CC(=O)NCC1CNCC1O)c(=O)[nH]n2C. The Morgan fingerprint density at radius 3 is 2.83 bits per heavy atom. The van der Waals surface area contributed by atoms with Crippen LogP contribution in [0.25, 0.3) is 11.0 Å². The van der Waals surface area contributed by atoms with Crippen LogP contribution in [-0.2, 0) is 18.3 Å². The van der Waals surface area contributed by atoms with Crippen LogP contribution in [0.2, 0.25) is 0 Å². The molecule has 130 valence electrons. The van der Waals surface area contributed by atoms with Crippen molar-refractivity contribution in [2.75, 3.05) is 19.6 Å². The van der Waals surface area contributed by atoms with Gasteiger partial charge in [-0.15, -0.1) is 0 Å². The normalized spacial score (nSPS) is 20.7. The lowest BCUT2D eigenvalue weighted by molar-refractivity contribution is -0.120.